The molecule has 1 aromatic heterocycles. The van der Waals surface area contributed by atoms with E-state index < -0.39 is 0 Å². The minimum absolute atomic E-state index is 0.121. The minimum atomic E-state index is 0.121. The molecule has 0 unspecified atom stereocenters. The lowest BCUT2D eigenvalue weighted by atomic mass is 10.1. The van der Waals surface area contributed by atoms with E-state index in [0.29, 0.717) is 35.8 Å². The molecule has 0 saturated heterocycles. The van der Waals surface area contributed by atoms with Crippen LogP contribution in [0.5, 0.6) is 17.2 Å². The number of methoxy groups -OCH3 is 3. The average molecular weight is 293 g/mol. The summed E-state index contributed by atoms with van der Waals surface area (Å²) in [5.74, 6) is 2.51. The molecule has 0 aliphatic carbocycles. The summed E-state index contributed by atoms with van der Waals surface area (Å²) < 4.78 is 21.2. The summed E-state index contributed by atoms with van der Waals surface area (Å²) in [5.41, 5.74) is 1.41. The molecular weight excluding hydrogens is 274 g/mol. The second-order valence-corrected chi connectivity index (χ2v) is 4.41. The maximum Gasteiger partial charge on any atom is 0.164 e. The van der Waals surface area contributed by atoms with Crippen molar-refractivity contribution in [2.24, 2.45) is 0 Å². The molecule has 0 bridgehead atoms. The zero-order valence-electron chi connectivity index (χ0n) is 12.4. The first-order valence-corrected chi connectivity index (χ1v) is 6.60. The summed E-state index contributed by atoms with van der Waals surface area (Å²) in [7, 11) is 4.72. The molecule has 0 atom stereocenters. The Hall–Kier alpha value is -2.21. The first-order valence-electron chi connectivity index (χ1n) is 6.60. The molecule has 0 radical (unpaired) electrons. The summed E-state index contributed by atoms with van der Waals surface area (Å²) in [5, 5.41) is 12.9. The van der Waals surface area contributed by atoms with E-state index in [9.17, 15) is 0 Å². The summed E-state index contributed by atoms with van der Waals surface area (Å²) in [6.07, 6.45) is 1.27. The van der Waals surface area contributed by atoms with E-state index in [1.54, 1.807) is 33.5 Å². The fraction of sp³-hybridized carbons (Fsp3) is 0.400. The molecule has 6 heteroatoms. The van der Waals surface area contributed by atoms with Crippen molar-refractivity contribution in [3.8, 4) is 28.5 Å². The Morgan fingerprint density at radius 2 is 1.67 bits per heavy atom. The van der Waals surface area contributed by atoms with Gasteiger partial charge in [0.25, 0.3) is 0 Å². The van der Waals surface area contributed by atoms with Crippen molar-refractivity contribution in [3.63, 3.8) is 0 Å². The van der Waals surface area contributed by atoms with Crippen LogP contribution in [0.25, 0.3) is 11.3 Å². The number of rotatable bonds is 7. The Kier molecular flexibility index (Phi) is 5.05. The fourth-order valence-electron chi connectivity index (χ4n) is 2.04. The van der Waals surface area contributed by atoms with E-state index in [2.05, 4.69) is 5.16 Å². The lowest BCUT2D eigenvalue weighted by Crippen LogP contribution is -1.94. The molecule has 0 fully saturated rings. The highest BCUT2D eigenvalue weighted by molar-refractivity contribution is 5.71. The van der Waals surface area contributed by atoms with Crippen molar-refractivity contribution >= 4 is 0 Å². The maximum absolute atomic E-state index is 8.85. The Morgan fingerprint density at radius 1 is 1.00 bits per heavy atom. The van der Waals surface area contributed by atoms with Crippen LogP contribution in [-0.2, 0) is 6.42 Å². The normalized spacial score (nSPS) is 10.5. The Labute approximate surface area is 123 Å². The lowest BCUT2D eigenvalue weighted by Gasteiger charge is -2.12. The number of aliphatic hydroxyl groups excluding tert-OH is 1. The summed E-state index contributed by atoms with van der Waals surface area (Å²) in [4.78, 5) is 0. The van der Waals surface area contributed by atoms with Crippen molar-refractivity contribution in [3.05, 3.63) is 24.0 Å². The highest BCUT2D eigenvalue weighted by Gasteiger charge is 2.16. The molecule has 0 saturated carbocycles. The number of hydrogen-bond acceptors (Lipinski definition) is 6. The summed E-state index contributed by atoms with van der Waals surface area (Å²) >= 11 is 0. The van der Waals surface area contributed by atoms with Crippen LogP contribution >= 0.6 is 0 Å². The fourth-order valence-corrected chi connectivity index (χ4v) is 2.04. The third-order valence-corrected chi connectivity index (χ3v) is 3.12. The number of ether oxygens (including phenoxy) is 3. The van der Waals surface area contributed by atoms with Gasteiger partial charge in [-0.1, -0.05) is 5.16 Å². The van der Waals surface area contributed by atoms with Crippen LogP contribution in [0.3, 0.4) is 0 Å². The Morgan fingerprint density at radius 3 is 2.29 bits per heavy atom. The van der Waals surface area contributed by atoms with Gasteiger partial charge in [0.2, 0.25) is 0 Å². The van der Waals surface area contributed by atoms with Gasteiger partial charge in [-0.15, -0.1) is 0 Å². The number of benzene rings is 1. The van der Waals surface area contributed by atoms with Gasteiger partial charge in [-0.05, 0) is 12.5 Å². The van der Waals surface area contributed by atoms with Gasteiger partial charge in [0.1, 0.15) is 17.2 Å². The quantitative estimate of drug-likeness (QED) is 0.844. The second-order valence-electron chi connectivity index (χ2n) is 4.41. The SMILES string of the molecule is COc1cc(OC)c(-c2cc(CCCO)on2)cc1OC. The Bertz CT molecular complexity index is 594. The van der Waals surface area contributed by atoms with Crippen molar-refractivity contribution in [1.29, 1.82) is 0 Å². The van der Waals surface area contributed by atoms with E-state index in [1.165, 1.54) is 0 Å². The Balaban J connectivity index is 2.39. The number of aliphatic hydroxyl groups is 1. The molecule has 6 nitrogen and oxygen atoms in total. The van der Waals surface area contributed by atoms with E-state index in [-0.39, 0.29) is 6.61 Å². The molecule has 1 N–H and O–H groups in total. The molecule has 0 aliphatic rings. The van der Waals surface area contributed by atoms with E-state index in [1.807, 2.05) is 6.07 Å². The van der Waals surface area contributed by atoms with Crippen LogP contribution < -0.4 is 14.2 Å². The van der Waals surface area contributed by atoms with Gasteiger partial charge in [0.15, 0.2) is 11.5 Å². The maximum atomic E-state index is 8.85. The molecule has 0 amide bonds. The number of aryl methyl sites for hydroxylation is 1. The minimum Gasteiger partial charge on any atom is -0.496 e. The van der Waals surface area contributed by atoms with E-state index >= 15 is 0 Å². The lowest BCUT2D eigenvalue weighted by molar-refractivity contribution is 0.280. The van der Waals surface area contributed by atoms with Gasteiger partial charge < -0.3 is 23.8 Å². The molecule has 0 spiro atoms. The molecule has 1 heterocycles. The highest BCUT2D eigenvalue weighted by atomic mass is 16.5. The number of nitrogens with zero attached hydrogens (tertiary/aromatic N) is 1. The highest BCUT2D eigenvalue weighted by Crippen LogP contribution is 2.39. The molecule has 2 rings (SSSR count). The zero-order valence-corrected chi connectivity index (χ0v) is 12.4. The van der Waals surface area contributed by atoms with E-state index in [4.69, 9.17) is 23.8 Å². The standard InChI is InChI=1S/C15H19NO5/c1-18-13-9-15(20-3)14(19-2)8-11(13)12-7-10(21-16-12)5-4-6-17/h7-9,17H,4-6H2,1-3H3. The molecular formula is C15H19NO5. The molecule has 114 valence electrons. The van der Waals surface area contributed by atoms with Crippen molar-refractivity contribution < 1.29 is 23.8 Å². The second kappa shape index (κ2) is 6.99. The van der Waals surface area contributed by atoms with Crippen LogP contribution in [0.2, 0.25) is 0 Å². The van der Waals surface area contributed by atoms with Gasteiger partial charge >= 0.3 is 0 Å². The van der Waals surface area contributed by atoms with Crippen LogP contribution in [-0.4, -0.2) is 38.2 Å². The summed E-state index contributed by atoms with van der Waals surface area (Å²) in [6, 6.07) is 5.38. The molecule has 21 heavy (non-hydrogen) atoms. The predicted octanol–water partition coefficient (Wildman–Crippen LogP) is 2.29. The topological polar surface area (TPSA) is 74.0 Å². The van der Waals surface area contributed by atoms with Gasteiger partial charge in [0, 0.05) is 30.7 Å². The summed E-state index contributed by atoms with van der Waals surface area (Å²) in [6.45, 7) is 0.121. The van der Waals surface area contributed by atoms with Crippen molar-refractivity contribution in [2.45, 2.75) is 12.8 Å². The largest absolute Gasteiger partial charge is 0.496 e. The third-order valence-electron chi connectivity index (χ3n) is 3.12. The van der Waals surface area contributed by atoms with Crippen LogP contribution in [0, 0.1) is 0 Å². The van der Waals surface area contributed by atoms with Crippen LogP contribution in [0.4, 0.5) is 0 Å². The van der Waals surface area contributed by atoms with Gasteiger partial charge in [0.05, 0.1) is 21.3 Å². The van der Waals surface area contributed by atoms with Crippen molar-refractivity contribution in [1.82, 2.24) is 5.16 Å². The first-order chi connectivity index (χ1) is 10.2. The molecule has 0 aliphatic heterocycles. The van der Waals surface area contributed by atoms with E-state index in [0.717, 1.165) is 11.3 Å². The van der Waals surface area contributed by atoms with Crippen LogP contribution in [0.1, 0.15) is 12.2 Å². The van der Waals surface area contributed by atoms with Gasteiger partial charge in [-0.25, -0.2) is 0 Å². The molecule has 2 aromatic rings. The average Bonchev–Trinajstić information content (AvgIpc) is 3.00. The smallest absolute Gasteiger partial charge is 0.164 e. The predicted molar refractivity (Wildman–Crippen MR) is 77.0 cm³/mol. The van der Waals surface area contributed by atoms with Gasteiger partial charge in [-0.2, -0.15) is 0 Å². The molecule has 1 aromatic carbocycles. The first kappa shape index (κ1) is 15.2. The number of hydrogen-bond donors (Lipinski definition) is 1. The van der Waals surface area contributed by atoms with Gasteiger partial charge in [-0.3, -0.25) is 0 Å². The third kappa shape index (κ3) is 3.28. The van der Waals surface area contributed by atoms with Crippen molar-refractivity contribution in [2.75, 3.05) is 27.9 Å². The van der Waals surface area contributed by atoms with Crippen LogP contribution in [0.15, 0.2) is 22.7 Å². The zero-order chi connectivity index (χ0) is 15.2. The monoisotopic (exact) mass is 293 g/mol. The number of aromatic nitrogens is 1.